The highest BCUT2D eigenvalue weighted by molar-refractivity contribution is 6.26. The van der Waals surface area contributed by atoms with Gasteiger partial charge in [0.15, 0.2) is 34.5 Å². The quantitative estimate of drug-likeness (QED) is 0.188. The number of hydrogen-bond acceptors (Lipinski definition) is 7. The molecule has 7 nitrogen and oxygen atoms in total. The molecule has 0 atom stereocenters. The molecule has 0 aliphatic carbocycles. The number of hydrogen-bond donors (Lipinski definition) is 0. The van der Waals surface area contributed by atoms with E-state index in [1.807, 2.05) is 48.5 Å². The van der Waals surface area contributed by atoms with Crippen LogP contribution in [0.5, 0.6) is 40.2 Å². The Morgan fingerprint density at radius 3 is 0.800 bits per heavy atom. The molecule has 0 amide bonds. The van der Waals surface area contributed by atoms with Crippen LogP contribution in [0.1, 0.15) is 12.5 Å². The lowest BCUT2D eigenvalue weighted by Gasteiger charge is -2.18. The zero-order chi connectivity index (χ0) is 28.8. The number of methoxy groups -OCH3 is 7. The highest BCUT2D eigenvalue weighted by Gasteiger charge is 2.18. The molecule has 5 aromatic carbocycles. The molecule has 0 radical (unpaired) electrons. The van der Waals surface area contributed by atoms with Crippen molar-refractivity contribution >= 4 is 32.3 Å². The highest BCUT2D eigenvalue weighted by Crippen LogP contribution is 2.46. The summed E-state index contributed by atoms with van der Waals surface area (Å²) < 4.78 is 38.4. The molecule has 0 bridgehead atoms. The van der Waals surface area contributed by atoms with Crippen molar-refractivity contribution < 1.29 is 33.2 Å². The Kier molecular flexibility index (Phi) is 8.94. The Hall–Kier alpha value is -4.52. The maximum atomic E-state index is 5.56. The van der Waals surface area contributed by atoms with Crippen LogP contribution >= 0.6 is 0 Å². The molecule has 0 heterocycles. The van der Waals surface area contributed by atoms with Crippen molar-refractivity contribution in [1.29, 1.82) is 0 Å². The zero-order valence-electron chi connectivity index (χ0n) is 24.3. The van der Waals surface area contributed by atoms with Gasteiger partial charge in [0.05, 0.1) is 49.8 Å². The number of rotatable bonds is 8. The molecule has 0 saturated heterocycles. The number of fused-ring (bicyclic) bond motifs is 6. The van der Waals surface area contributed by atoms with E-state index in [1.54, 1.807) is 49.8 Å². The van der Waals surface area contributed by atoms with Gasteiger partial charge in [-0.2, -0.15) is 0 Å². The summed E-state index contributed by atoms with van der Waals surface area (Å²) in [6.45, 7) is 2.14. The summed E-state index contributed by atoms with van der Waals surface area (Å²) in [5.41, 5.74) is 1.35. The molecule has 7 heteroatoms. The second-order valence-electron chi connectivity index (χ2n) is 8.96. The smallest absolute Gasteiger partial charge is 0.161 e. The molecule has 0 unspecified atom stereocenters. The topological polar surface area (TPSA) is 64.6 Å². The molecule has 0 aliphatic rings. The summed E-state index contributed by atoms with van der Waals surface area (Å²) in [4.78, 5) is 0. The molecule has 5 rings (SSSR count). The fourth-order valence-electron chi connectivity index (χ4n) is 4.84. The van der Waals surface area contributed by atoms with Gasteiger partial charge in [-0.1, -0.05) is 19.1 Å². The van der Waals surface area contributed by atoms with Crippen molar-refractivity contribution in [3.8, 4) is 40.2 Å². The Balaban J connectivity index is 0.000000312. The van der Waals surface area contributed by atoms with Crippen LogP contribution in [0.25, 0.3) is 32.3 Å². The fraction of sp³-hybridized carbons (Fsp3) is 0.273. The van der Waals surface area contributed by atoms with E-state index >= 15 is 0 Å². The molecule has 0 aliphatic heterocycles. The first kappa shape index (κ1) is 28.5. The van der Waals surface area contributed by atoms with Crippen LogP contribution in [0.4, 0.5) is 0 Å². The van der Waals surface area contributed by atoms with Crippen molar-refractivity contribution in [2.24, 2.45) is 0 Å². The second kappa shape index (κ2) is 12.6. The van der Waals surface area contributed by atoms with Crippen LogP contribution in [-0.2, 0) is 6.42 Å². The Morgan fingerprint density at radius 2 is 0.625 bits per heavy atom. The summed E-state index contributed by atoms with van der Waals surface area (Å²) in [5.74, 6) is 4.85. The molecule has 0 N–H and O–H groups in total. The van der Waals surface area contributed by atoms with Gasteiger partial charge in [-0.05, 0) is 92.8 Å². The van der Waals surface area contributed by atoms with Crippen LogP contribution in [0.2, 0.25) is 0 Å². The predicted molar refractivity (Wildman–Crippen MR) is 161 cm³/mol. The first-order valence-corrected chi connectivity index (χ1v) is 12.9. The largest absolute Gasteiger partial charge is 0.497 e. The Bertz CT molecular complexity index is 1320. The average Bonchev–Trinajstić information content (AvgIpc) is 3.02. The number of ether oxygens (including phenoxy) is 7. The van der Waals surface area contributed by atoms with E-state index in [0.29, 0.717) is 34.5 Å². The van der Waals surface area contributed by atoms with Gasteiger partial charge >= 0.3 is 0 Å². The van der Waals surface area contributed by atoms with Gasteiger partial charge < -0.3 is 33.2 Å². The van der Waals surface area contributed by atoms with Crippen LogP contribution < -0.4 is 33.2 Å². The third kappa shape index (κ3) is 5.32. The SMILES string of the molecule is CCc1ccc(OC)cc1.COc1cc2c3cc(OC)c(OC)cc3c3cc(OC)c(OC)cc3c2cc1OC. The van der Waals surface area contributed by atoms with Gasteiger partial charge in [0, 0.05) is 0 Å². The maximum absolute atomic E-state index is 5.56. The average molecular weight is 545 g/mol. The van der Waals surface area contributed by atoms with Gasteiger partial charge in [-0.15, -0.1) is 0 Å². The minimum atomic E-state index is 0.654. The predicted octanol–water partition coefficient (Wildman–Crippen LogP) is 7.46. The third-order valence-corrected chi connectivity index (χ3v) is 7.01. The van der Waals surface area contributed by atoms with Gasteiger partial charge in [0.1, 0.15) is 5.75 Å². The van der Waals surface area contributed by atoms with E-state index in [0.717, 1.165) is 44.5 Å². The fourth-order valence-corrected chi connectivity index (χ4v) is 4.84. The highest BCUT2D eigenvalue weighted by atomic mass is 16.5. The van der Waals surface area contributed by atoms with Crippen molar-refractivity contribution in [3.63, 3.8) is 0 Å². The standard InChI is InChI=1S/C24H24O6.C9H12O/c1-25-19-7-13-14(8-20(19)26-2)16-10-22(28-4)24(30-6)12-18(16)17-11-23(29-5)21(27-3)9-15(13)17;1-3-8-4-6-9(10-2)7-5-8/h7-12H,1-6H3;4-7H,3H2,1-2H3. The van der Waals surface area contributed by atoms with Crippen LogP contribution in [-0.4, -0.2) is 49.8 Å². The summed E-state index contributed by atoms with van der Waals surface area (Å²) >= 11 is 0. The minimum absolute atomic E-state index is 0.654. The number of benzene rings is 5. The lowest BCUT2D eigenvalue weighted by molar-refractivity contribution is 0.355. The molecular weight excluding hydrogens is 508 g/mol. The summed E-state index contributed by atoms with van der Waals surface area (Å²) in [6, 6.07) is 20.0. The molecule has 0 saturated carbocycles. The van der Waals surface area contributed by atoms with E-state index in [2.05, 4.69) is 19.1 Å². The van der Waals surface area contributed by atoms with Crippen molar-refractivity contribution in [2.75, 3.05) is 49.8 Å². The third-order valence-electron chi connectivity index (χ3n) is 7.01. The molecule has 0 fully saturated rings. The zero-order valence-corrected chi connectivity index (χ0v) is 24.3. The molecular formula is C33H36O7. The molecule has 40 heavy (non-hydrogen) atoms. The lowest BCUT2D eigenvalue weighted by Crippen LogP contribution is -1.95. The van der Waals surface area contributed by atoms with E-state index in [9.17, 15) is 0 Å². The van der Waals surface area contributed by atoms with E-state index in [-0.39, 0.29) is 0 Å². The van der Waals surface area contributed by atoms with Gasteiger partial charge in [0.25, 0.3) is 0 Å². The van der Waals surface area contributed by atoms with Crippen LogP contribution in [0, 0.1) is 0 Å². The first-order chi connectivity index (χ1) is 19.5. The molecule has 0 spiro atoms. The van der Waals surface area contributed by atoms with E-state index in [4.69, 9.17) is 33.2 Å². The maximum Gasteiger partial charge on any atom is 0.161 e. The minimum Gasteiger partial charge on any atom is -0.497 e. The Morgan fingerprint density at radius 1 is 0.375 bits per heavy atom. The van der Waals surface area contributed by atoms with Crippen LogP contribution in [0.15, 0.2) is 60.7 Å². The molecule has 210 valence electrons. The molecule has 0 aromatic heterocycles. The summed E-state index contributed by atoms with van der Waals surface area (Å²) in [7, 11) is 11.5. The van der Waals surface area contributed by atoms with Crippen LogP contribution in [0.3, 0.4) is 0 Å². The van der Waals surface area contributed by atoms with Gasteiger partial charge in [-0.25, -0.2) is 0 Å². The van der Waals surface area contributed by atoms with Crippen molar-refractivity contribution in [2.45, 2.75) is 13.3 Å². The van der Waals surface area contributed by atoms with E-state index < -0.39 is 0 Å². The van der Waals surface area contributed by atoms with Gasteiger partial charge in [-0.3, -0.25) is 0 Å². The second-order valence-corrected chi connectivity index (χ2v) is 8.96. The summed E-state index contributed by atoms with van der Waals surface area (Å²) in [5, 5.41) is 6.02. The van der Waals surface area contributed by atoms with Crippen molar-refractivity contribution in [1.82, 2.24) is 0 Å². The normalized spacial score (nSPS) is 10.6. The number of aryl methyl sites for hydroxylation is 1. The first-order valence-electron chi connectivity index (χ1n) is 12.9. The summed E-state index contributed by atoms with van der Waals surface area (Å²) in [6.07, 6.45) is 1.09. The van der Waals surface area contributed by atoms with Gasteiger partial charge in [0.2, 0.25) is 0 Å². The van der Waals surface area contributed by atoms with E-state index in [1.165, 1.54) is 5.56 Å². The lowest BCUT2D eigenvalue weighted by atomic mass is 9.93. The monoisotopic (exact) mass is 544 g/mol. The molecule has 5 aromatic rings. The van der Waals surface area contributed by atoms with Crippen molar-refractivity contribution in [3.05, 3.63) is 66.2 Å². The Labute approximate surface area is 235 Å².